The maximum absolute atomic E-state index is 5.52. The highest BCUT2D eigenvalue weighted by molar-refractivity contribution is 5.61. The fourth-order valence-electron chi connectivity index (χ4n) is 3.65. The number of ether oxygens (including phenoxy) is 1. The minimum atomic E-state index is 0.114. The largest absolute Gasteiger partial charge is 0.494 e. The Kier molecular flexibility index (Phi) is 5.19. The summed E-state index contributed by atoms with van der Waals surface area (Å²) in [5.74, 6) is 1.58. The third-order valence-corrected chi connectivity index (χ3v) is 4.88. The molecule has 1 fully saturated rings. The van der Waals surface area contributed by atoms with Gasteiger partial charge in [-0.05, 0) is 45.4 Å². The molecule has 0 aliphatic carbocycles. The first-order valence-electron chi connectivity index (χ1n) is 9.84. The molecule has 1 aliphatic rings. The maximum atomic E-state index is 5.52. The van der Waals surface area contributed by atoms with Crippen molar-refractivity contribution in [2.75, 3.05) is 25.1 Å². The Balaban J connectivity index is 1.50. The van der Waals surface area contributed by atoms with E-state index < -0.39 is 0 Å². The lowest BCUT2D eigenvalue weighted by Gasteiger charge is -2.26. The third kappa shape index (κ3) is 4.37. The number of nitrogens with one attached hydrogen (secondary N) is 1. The minimum absolute atomic E-state index is 0.114. The van der Waals surface area contributed by atoms with E-state index in [1.165, 1.54) is 0 Å². The van der Waals surface area contributed by atoms with E-state index in [1.54, 1.807) is 24.2 Å². The summed E-state index contributed by atoms with van der Waals surface area (Å²) in [6, 6.07) is 8.16. The van der Waals surface area contributed by atoms with Crippen molar-refractivity contribution in [2.45, 2.75) is 38.8 Å². The molecule has 152 valence electrons. The van der Waals surface area contributed by atoms with Crippen molar-refractivity contribution in [3.8, 4) is 22.8 Å². The van der Waals surface area contributed by atoms with Crippen molar-refractivity contribution in [1.82, 2.24) is 30.3 Å². The fraction of sp³-hybridized carbons (Fsp3) is 0.429. The summed E-state index contributed by atoms with van der Waals surface area (Å²) < 4.78 is 7.25. The van der Waals surface area contributed by atoms with Gasteiger partial charge in [0.2, 0.25) is 0 Å². The van der Waals surface area contributed by atoms with Crippen LogP contribution in [0.5, 0.6) is 5.75 Å². The highest BCUT2D eigenvalue weighted by Crippen LogP contribution is 2.27. The van der Waals surface area contributed by atoms with Gasteiger partial charge < -0.3 is 15.0 Å². The van der Waals surface area contributed by atoms with Crippen LogP contribution in [0, 0.1) is 0 Å². The van der Waals surface area contributed by atoms with E-state index >= 15 is 0 Å². The van der Waals surface area contributed by atoms with E-state index in [-0.39, 0.29) is 5.54 Å². The van der Waals surface area contributed by atoms with Crippen LogP contribution in [-0.2, 0) is 0 Å². The topological polar surface area (TPSA) is 81.0 Å². The van der Waals surface area contributed by atoms with Gasteiger partial charge in [0.1, 0.15) is 17.1 Å². The molecule has 0 amide bonds. The van der Waals surface area contributed by atoms with Crippen molar-refractivity contribution in [1.29, 1.82) is 0 Å². The van der Waals surface area contributed by atoms with Gasteiger partial charge in [0.15, 0.2) is 5.82 Å². The molecule has 4 heterocycles. The molecule has 8 nitrogen and oxygen atoms in total. The van der Waals surface area contributed by atoms with Gasteiger partial charge in [0.25, 0.3) is 0 Å². The number of nitrogens with zero attached hydrogens (tertiary/aromatic N) is 6. The van der Waals surface area contributed by atoms with Crippen molar-refractivity contribution in [3.63, 3.8) is 0 Å². The van der Waals surface area contributed by atoms with Gasteiger partial charge in [0.05, 0.1) is 19.0 Å². The minimum Gasteiger partial charge on any atom is -0.494 e. The smallest absolute Gasteiger partial charge is 0.151 e. The molecule has 4 rings (SSSR count). The predicted molar refractivity (Wildman–Crippen MR) is 112 cm³/mol. The van der Waals surface area contributed by atoms with Gasteiger partial charge in [-0.2, -0.15) is 5.10 Å². The lowest BCUT2D eigenvalue weighted by atomic mass is 10.1. The molecule has 1 aliphatic heterocycles. The van der Waals surface area contributed by atoms with E-state index in [4.69, 9.17) is 4.74 Å². The first-order valence-corrected chi connectivity index (χ1v) is 9.84. The van der Waals surface area contributed by atoms with Crippen LogP contribution < -0.4 is 15.0 Å². The van der Waals surface area contributed by atoms with Crippen molar-refractivity contribution in [3.05, 3.63) is 42.9 Å². The summed E-state index contributed by atoms with van der Waals surface area (Å²) in [5.41, 5.74) is 2.32. The van der Waals surface area contributed by atoms with Gasteiger partial charge >= 0.3 is 0 Å². The zero-order valence-electron chi connectivity index (χ0n) is 17.3. The van der Waals surface area contributed by atoms with Crippen LogP contribution in [0.25, 0.3) is 17.1 Å². The number of methoxy groups -OCH3 is 1. The average molecular weight is 393 g/mol. The van der Waals surface area contributed by atoms with Crippen molar-refractivity contribution >= 4 is 5.82 Å². The summed E-state index contributed by atoms with van der Waals surface area (Å²) in [6.45, 7) is 8.51. The van der Waals surface area contributed by atoms with Crippen LogP contribution in [-0.4, -0.2) is 56.7 Å². The van der Waals surface area contributed by atoms with Gasteiger partial charge in [-0.3, -0.25) is 4.98 Å². The Hall–Kier alpha value is -3.00. The van der Waals surface area contributed by atoms with Crippen molar-refractivity contribution in [2.24, 2.45) is 0 Å². The van der Waals surface area contributed by atoms with E-state index in [1.807, 2.05) is 30.5 Å². The maximum Gasteiger partial charge on any atom is 0.151 e. The van der Waals surface area contributed by atoms with E-state index in [9.17, 15) is 0 Å². The van der Waals surface area contributed by atoms with E-state index in [2.05, 4.69) is 51.3 Å². The second kappa shape index (κ2) is 7.79. The van der Waals surface area contributed by atoms with Crippen LogP contribution in [0.1, 0.15) is 27.2 Å². The second-order valence-corrected chi connectivity index (χ2v) is 8.29. The number of aromatic nitrogens is 5. The molecule has 0 aromatic carbocycles. The molecular formula is C21H27N7O. The molecule has 0 bridgehead atoms. The molecule has 0 spiro atoms. The zero-order valence-corrected chi connectivity index (χ0v) is 17.3. The molecule has 0 saturated carbocycles. The lowest BCUT2D eigenvalue weighted by molar-refractivity contribution is 0.373. The van der Waals surface area contributed by atoms with Gasteiger partial charge in [-0.25, -0.2) is 4.68 Å². The first-order chi connectivity index (χ1) is 13.9. The quantitative estimate of drug-likeness (QED) is 0.714. The SMILES string of the molecule is COc1cc(-c2ccc(N3CCC(NC(C)(C)C)C3)nn2)ncc1-n1cccn1. The number of anilines is 1. The van der Waals surface area contributed by atoms with Crippen LogP contribution in [0.2, 0.25) is 0 Å². The van der Waals surface area contributed by atoms with Crippen LogP contribution in [0.4, 0.5) is 5.82 Å². The van der Waals surface area contributed by atoms with E-state index in [0.717, 1.165) is 31.0 Å². The molecule has 1 saturated heterocycles. The van der Waals surface area contributed by atoms with Gasteiger partial charge in [-0.15, -0.1) is 10.2 Å². The van der Waals surface area contributed by atoms with Gasteiger partial charge in [0, 0.05) is 43.1 Å². The van der Waals surface area contributed by atoms with Crippen molar-refractivity contribution < 1.29 is 4.74 Å². The number of hydrogen-bond donors (Lipinski definition) is 1. The third-order valence-electron chi connectivity index (χ3n) is 4.88. The monoisotopic (exact) mass is 393 g/mol. The molecule has 3 aromatic heterocycles. The highest BCUT2D eigenvalue weighted by atomic mass is 16.5. The molecule has 8 heteroatoms. The van der Waals surface area contributed by atoms with Crippen LogP contribution >= 0.6 is 0 Å². The summed E-state index contributed by atoms with van der Waals surface area (Å²) in [4.78, 5) is 6.80. The Labute approximate surface area is 170 Å². The molecule has 1 atom stereocenters. The number of pyridine rings is 1. The standard InChI is InChI=1S/C21H27N7O/c1-21(2,3)24-15-8-11-27(14-15)20-7-6-16(25-26-20)17-12-19(29-4)18(13-22-17)28-10-5-9-23-28/h5-7,9-10,12-13,15,24H,8,11,14H2,1-4H3. The predicted octanol–water partition coefficient (Wildman–Crippen LogP) is 2.70. The van der Waals surface area contributed by atoms with E-state index in [0.29, 0.717) is 23.2 Å². The average Bonchev–Trinajstić information content (AvgIpc) is 3.38. The Morgan fingerprint density at radius 3 is 2.69 bits per heavy atom. The molecule has 29 heavy (non-hydrogen) atoms. The van der Waals surface area contributed by atoms with Crippen LogP contribution in [0.15, 0.2) is 42.9 Å². The fourth-order valence-corrected chi connectivity index (χ4v) is 3.65. The Bertz CT molecular complexity index is 948. The summed E-state index contributed by atoms with van der Waals surface area (Å²) in [6.07, 6.45) is 6.41. The number of rotatable bonds is 5. The molecule has 1 N–H and O–H groups in total. The normalized spacial score (nSPS) is 17.0. The molecule has 0 radical (unpaired) electrons. The van der Waals surface area contributed by atoms with Gasteiger partial charge in [-0.1, -0.05) is 0 Å². The first kappa shape index (κ1) is 19.3. The summed E-state index contributed by atoms with van der Waals surface area (Å²) in [7, 11) is 1.64. The Morgan fingerprint density at radius 1 is 1.17 bits per heavy atom. The molecule has 3 aromatic rings. The Morgan fingerprint density at radius 2 is 2.03 bits per heavy atom. The number of hydrogen-bond acceptors (Lipinski definition) is 7. The second-order valence-electron chi connectivity index (χ2n) is 8.29. The summed E-state index contributed by atoms with van der Waals surface area (Å²) >= 11 is 0. The molecular weight excluding hydrogens is 366 g/mol. The summed E-state index contributed by atoms with van der Waals surface area (Å²) in [5, 5.41) is 16.8. The lowest BCUT2D eigenvalue weighted by Crippen LogP contribution is -2.45. The highest BCUT2D eigenvalue weighted by Gasteiger charge is 2.26. The zero-order chi connectivity index (χ0) is 20.4. The van der Waals surface area contributed by atoms with Crippen LogP contribution in [0.3, 0.4) is 0 Å². The molecule has 1 unspecified atom stereocenters.